The molecule has 1 aromatic rings. The van der Waals surface area contributed by atoms with Crippen molar-refractivity contribution >= 4 is 23.4 Å². The molecule has 0 spiro atoms. The lowest BCUT2D eigenvalue weighted by Gasteiger charge is -2.57. The maximum absolute atomic E-state index is 13.6. The van der Waals surface area contributed by atoms with Gasteiger partial charge in [0, 0.05) is 31.7 Å². The van der Waals surface area contributed by atoms with E-state index >= 15 is 0 Å². The molecule has 0 N–H and O–H groups in total. The number of carbonyl (C=O) groups is 2. The van der Waals surface area contributed by atoms with E-state index in [-0.39, 0.29) is 11.3 Å². The van der Waals surface area contributed by atoms with Crippen LogP contribution in [0, 0.1) is 23.2 Å². The van der Waals surface area contributed by atoms with Crippen molar-refractivity contribution in [2.24, 2.45) is 23.2 Å². The number of carbonyl (C=O) groups excluding carboxylic acids is 2. The number of ether oxygens (including phenoxy) is 2. The Kier molecular flexibility index (Phi) is 5.32. The number of hydrogen-bond acceptors (Lipinski definition) is 4. The molecule has 4 aliphatic carbocycles. The lowest BCUT2D eigenvalue weighted by atomic mass is 9.49. The van der Waals surface area contributed by atoms with Gasteiger partial charge < -0.3 is 19.3 Å². The van der Waals surface area contributed by atoms with Gasteiger partial charge in [-0.1, -0.05) is 11.6 Å². The van der Waals surface area contributed by atoms with E-state index in [0.717, 1.165) is 37.0 Å². The lowest BCUT2D eigenvalue weighted by molar-refractivity contribution is -0.159. The molecule has 1 aliphatic heterocycles. The van der Waals surface area contributed by atoms with Gasteiger partial charge in [-0.05, 0) is 68.4 Å². The summed E-state index contributed by atoms with van der Waals surface area (Å²) in [5, 5.41) is 0.348. The molecule has 5 aliphatic rings. The Morgan fingerprint density at radius 2 is 1.45 bits per heavy atom. The Morgan fingerprint density at radius 1 is 0.903 bits per heavy atom. The Hall–Kier alpha value is -1.95. The van der Waals surface area contributed by atoms with Crippen molar-refractivity contribution in [3.05, 3.63) is 22.7 Å². The number of halogens is 1. The fourth-order valence-corrected chi connectivity index (χ4v) is 7.33. The fourth-order valence-electron chi connectivity index (χ4n) is 7.04. The van der Waals surface area contributed by atoms with E-state index < -0.39 is 0 Å². The summed E-state index contributed by atoms with van der Waals surface area (Å²) >= 11 is 6.28. The zero-order chi connectivity index (χ0) is 21.8. The number of amides is 2. The third-order valence-electron chi connectivity index (χ3n) is 8.03. The fraction of sp³-hybridized carbons (Fsp3) is 0.667. The minimum Gasteiger partial charge on any atom is -0.493 e. The number of nitrogens with zero attached hydrogens (tertiary/aromatic N) is 2. The first-order valence-electron chi connectivity index (χ1n) is 11.4. The van der Waals surface area contributed by atoms with Crippen molar-refractivity contribution in [2.45, 2.75) is 38.5 Å². The van der Waals surface area contributed by atoms with Crippen molar-refractivity contribution in [1.29, 1.82) is 0 Å². The van der Waals surface area contributed by atoms with Crippen LogP contribution in [0.1, 0.15) is 48.9 Å². The highest BCUT2D eigenvalue weighted by Gasteiger charge is 2.55. The van der Waals surface area contributed by atoms with Crippen molar-refractivity contribution in [3.8, 4) is 11.5 Å². The van der Waals surface area contributed by atoms with Crippen molar-refractivity contribution in [1.82, 2.24) is 9.80 Å². The van der Waals surface area contributed by atoms with Gasteiger partial charge in [0.05, 0.1) is 24.7 Å². The van der Waals surface area contributed by atoms with Crippen molar-refractivity contribution < 1.29 is 19.1 Å². The van der Waals surface area contributed by atoms with E-state index in [9.17, 15) is 9.59 Å². The molecular formula is C24H31ClN2O4. The zero-order valence-corrected chi connectivity index (χ0v) is 19.1. The predicted octanol–water partition coefficient (Wildman–Crippen LogP) is 3.86. The molecule has 6 rings (SSSR count). The molecule has 4 saturated carbocycles. The van der Waals surface area contributed by atoms with Gasteiger partial charge in [0.25, 0.3) is 5.91 Å². The molecule has 2 amide bonds. The van der Waals surface area contributed by atoms with Crippen LogP contribution < -0.4 is 9.47 Å². The summed E-state index contributed by atoms with van der Waals surface area (Å²) in [5.41, 5.74) is 0.362. The van der Waals surface area contributed by atoms with Gasteiger partial charge >= 0.3 is 0 Å². The van der Waals surface area contributed by atoms with Gasteiger partial charge in [0.1, 0.15) is 0 Å². The van der Waals surface area contributed by atoms with Crippen LogP contribution in [0.3, 0.4) is 0 Å². The van der Waals surface area contributed by atoms with Crippen LogP contribution in [0.2, 0.25) is 5.02 Å². The molecular weight excluding hydrogens is 416 g/mol. The van der Waals surface area contributed by atoms with Crippen LogP contribution in [0.4, 0.5) is 0 Å². The lowest BCUT2D eigenvalue weighted by Crippen LogP contribution is -2.58. The highest BCUT2D eigenvalue weighted by Crippen LogP contribution is 2.60. The van der Waals surface area contributed by atoms with E-state index in [2.05, 4.69) is 0 Å². The average molecular weight is 447 g/mol. The summed E-state index contributed by atoms with van der Waals surface area (Å²) in [4.78, 5) is 30.5. The maximum atomic E-state index is 13.6. The Morgan fingerprint density at radius 3 is 1.97 bits per heavy atom. The number of methoxy groups -OCH3 is 2. The molecule has 6 nitrogen and oxygen atoms in total. The quantitative estimate of drug-likeness (QED) is 0.704. The molecule has 0 unspecified atom stereocenters. The minimum atomic E-state index is -0.113. The number of hydrogen-bond donors (Lipinski definition) is 0. The van der Waals surface area contributed by atoms with Gasteiger partial charge in [-0.25, -0.2) is 0 Å². The van der Waals surface area contributed by atoms with Gasteiger partial charge in [0.15, 0.2) is 11.5 Å². The van der Waals surface area contributed by atoms with Gasteiger partial charge in [-0.2, -0.15) is 0 Å². The zero-order valence-electron chi connectivity index (χ0n) is 18.4. The van der Waals surface area contributed by atoms with Crippen LogP contribution in [-0.4, -0.2) is 62.0 Å². The Bertz CT molecular complexity index is 859. The number of benzene rings is 1. The van der Waals surface area contributed by atoms with Crippen molar-refractivity contribution in [3.63, 3.8) is 0 Å². The molecule has 7 heteroatoms. The molecule has 5 fully saturated rings. The topological polar surface area (TPSA) is 59.1 Å². The summed E-state index contributed by atoms with van der Waals surface area (Å²) in [6, 6.07) is 3.29. The smallest absolute Gasteiger partial charge is 0.254 e. The van der Waals surface area contributed by atoms with Crippen LogP contribution in [0.25, 0.3) is 0 Å². The summed E-state index contributed by atoms with van der Waals surface area (Å²) in [7, 11) is 3.04. The molecule has 0 radical (unpaired) electrons. The third-order valence-corrected chi connectivity index (χ3v) is 8.31. The molecule has 1 heterocycles. The molecule has 4 bridgehead atoms. The Labute approximate surface area is 188 Å². The number of rotatable bonds is 4. The second-order valence-electron chi connectivity index (χ2n) is 9.98. The third kappa shape index (κ3) is 3.57. The monoisotopic (exact) mass is 446 g/mol. The first kappa shape index (κ1) is 20.9. The summed E-state index contributed by atoms with van der Waals surface area (Å²) < 4.78 is 10.6. The molecule has 31 heavy (non-hydrogen) atoms. The van der Waals surface area contributed by atoms with E-state index in [1.807, 2.05) is 4.90 Å². The van der Waals surface area contributed by atoms with E-state index in [4.69, 9.17) is 21.1 Å². The largest absolute Gasteiger partial charge is 0.493 e. The second-order valence-corrected chi connectivity index (χ2v) is 10.4. The highest BCUT2D eigenvalue weighted by atomic mass is 35.5. The summed E-state index contributed by atoms with van der Waals surface area (Å²) in [5.74, 6) is 3.40. The molecule has 0 aromatic heterocycles. The van der Waals surface area contributed by atoms with Crippen molar-refractivity contribution in [2.75, 3.05) is 40.4 Å². The van der Waals surface area contributed by atoms with Gasteiger partial charge in [0.2, 0.25) is 5.91 Å². The first-order chi connectivity index (χ1) is 14.9. The van der Waals surface area contributed by atoms with Crippen LogP contribution in [-0.2, 0) is 4.79 Å². The molecule has 168 valence electrons. The first-order valence-corrected chi connectivity index (χ1v) is 11.8. The minimum absolute atomic E-state index is 0.0928. The van der Waals surface area contributed by atoms with Crippen LogP contribution >= 0.6 is 11.6 Å². The van der Waals surface area contributed by atoms with E-state index in [1.165, 1.54) is 33.5 Å². The van der Waals surface area contributed by atoms with Crippen LogP contribution in [0.5, 0.6) is 11.5 Å². The molecule has 0 atom stereocenters. The average Bonchev–Trinajstić information content (AvgIpc) is 2.76. The standard InChI is InChI=1S/C24H31ClN2O4/c1-30-20-11-18(10-19(25)21(20)31-2)22(28)26-3-5-27(6-4-26)23(29)24-12-15-7-16(13-24)9-17(8-15)14-24/h10-11,15-17H,3-9,12-14H2,1-2H3. The van der Waals surface area contributed by atoms with Gasteiger partial charge in [-0.3, -0.25) is 9.59 Å². The van der Waals surface area contributed by atoms with E-state index in [1.54, 1.807) is 17.0 Å². The second kappa shape index (κ2) is 7.88. The highest BCUT2D eigenvalue weighted by molar-refractivity contribution is 6.32. The Balaban J connectivity index is 1.25. The predicted molar refractivity (Wildman–Crippen MR) is 118 cm³/mol. The molecule has 1 aromatic carbocycles. The number of piperazine rings is 1. The maximum Gasteiger partial charge on any atom is 0.254 e. The summed E-state index contributed by atoms with van der Waals surface area (Å²) in [6.45, 7) is 2.30. The normalized spacial score (nSPS) is 31.6. The van der Waals surface area contributed by atoms with Gasteiger partial charge in [-0.15, -0.1) is 0 Å². The van der Waals surface area contributed by atoms with Crippen LogP contribution in [0.15, 0.2) is 12.1 Å². The molecule has 1 saturated heterocycles. The van der Waals surface area contributed by atoms with E-state index in [0.29, 0.717) is 54.2 Å². The SMILES string of the molecule is COc1cc(C(=O)N2CCN(C(=O)C34CC5CC(CC(C5)C3)C4)CC2)cc(Cl)c1OC. The summed E-state index contributed by atoms with van der Waals surface area (Å²) in [6.07, 6.45) is 7.26.